The minimum atomic E-state index is -0.585. The predicted molar refractivity (Wildman–Crippen MR) is 112 cm³/mol. The first-order valence-electron chi connectivity index (χ1n) is 10.6. The van der Waals surface area contributed by atoms with E-state index in [0.29, 0.717) is 18.5 Å². The van der Waals surface area contributed by atoms with Crippen molar-refractivity contribution in [3.8, 4) is 0 Å². The van der Waals surface area contributed by atoms with Gasteiger partial charge in [0.05, 0.1) is 6.20 Å². The van der Waals surface area contributed by atoms with Crippen molar-refractivity contribution >= 4 is 17.7 Å². The van der Waals surface area contributed by atoms with E-state index in [0.717, 1.165) is 36.3 Å². The Morgan fingerprint density at radius 1 is 1.23 bits per heavy atom. The summed E-state index contributed by atoms with van der Waals surface area (Å²) in [5.41, 5.74) is 10.3. The van der Waals surface area contributed by atoms with Crippen LogP contribution in [0.15, 0.2) is 30.6 Å². The van der Waals surface area contributed by atoms with Crippen LogP contribution in [0.1, 0.15) is 45.8 Å². The van der Waals surface area contributed by atoms with Crippen LogP contribution in [-0.2, 0) is 29.7 Å². The Balaban J connectivity index is 1.27. The van der Waals surface area contributed by atoms with Gasteiger partial charge in [0.2, 0.25) is 11.8 Å². The van der Waals surface area contributed by atoms with Crippen LogP contribution in [-0.4, -0.2) is 62.5 Å². The zero-order valence-electron chi connectivity index (χ0n) is 17.5. The minimum absolute atomic E-state index is 0.0585. The second-order valence-electron chi connectivity index (χ2n) is 8.80. The van der Waals surface area contributed by atoms with E-state index >= 15 is 0 Å². The average molecular weight is 422 g/mol. The summed E-state index contributed by atoms with van der Waals surface area (Å²) in [7, 11) is 1.91. The molecule has 162 valence electrons. The van der Waals surface area contributed by atoms with Gasteiger partial charge in [-0.05, 0) is 29.2 Å². The Hall–Kier alpha value is -3.04. The van der Waals surface area contributed by atoms with Gasteiger partial charge >= 0.3 is 0 Å². The van der Waals surface area contributed by atoms with E-state index in [1.54, 1.807) is 9.58 Å². The van der Waals surface area contributed by atoms with Crippen LogP contribution >= 0.6 is 0 Å². The molecule has 3 atom stereocenters. The van der Waals surface area contributed by atoms with E-state index in [1.165, 1.54) is 0 Å². The largest absolute Gasteiger partial charge is 0.326 e. The predicted octanol–water partition coefficient (Wildman–Crippen LogP) is 0.108. The van der Waals surface area contributed by atoms with Gasteiger partial charge in [0.15, 0.2) is 0 Å². The van der Waals surface area contributed by atoms with E-state index in [1.807, 2.05) is 31.6 Å². The highest BCUT2D eigenvalue weighted by molar-refractivity contribution is 6.05. The maximum atomic E-state index is 12.8. The number of rotatable bonds is 4. The van der Waals surface area contributed by atoms with Crippen molar-refractivity contribution in [2.24, 2.45) is 12.8 Å². The summed E-state index contributed by atoms with van der Waals surface area (Å²) < 4.78 is 1.80. The summed E-state index contributed by atoms with van der Waals surface area (Å²) >= 11 is 0. The van der Waals surface area contributed by atoms with Crippen LogP contribution < -0.4 is 11.1 Å². The monoisotopic (exact) mass is 422 g/mol. The van der Waals surface area contributed by atoms with Crippen LogP contribution in [0, 0.1) is 0 Å². The number of carbonyl (C=O) groups excluding carboxylic acids is 3. The summed E-state index contributed by atoms with van der Waals surface area (Å²) in [6.07, 6.45) is 4.55. The van der Waals surface area contributed by atoms with Crippen LogP contribution in [0.4, 0.5) is 0 Å². The molecule has 9 heteroatoms. The summed E-state index contributed by atoms with van der Waals surface area (Å²) in [5, 5.41) is 6.61. The molecule has 0 spiro atoms. The van der Waals surface area contributed by atoms with E-state index in [2.05, 4.69) is 21.4 Å². The number of carbonyl (C=O) groups is 3. The maximum absolute atomic E-state index is 12.8. The van der Waals surface area contributed by atoms with Crippen molar-refractivity contribution < 1.29 is 14.4 Å². The molecule has 2 fully saturated rings. The van der Waals surface area contributed by atoms with Gasteiger partial charge in [-0.3, -0.25) is 29.3 Å². The van der Waals surface area contributed by atoms with Gasteiger partial charge in [0, 0.05) is 63.4 Å². The van der Waals surface area contributed by atoms with Gasteiger partial charge in [-0.15, -0.1) is 0 Å². The number of nitrogens with one attached hydrogen (secondary N) is 1. The number of nitrogens with two attached hydrogens (primary N) is 1. The van der Waals surface area contributed by atoms with Crippen LogP contribution in [0.3, 0.4) is 0 Å². The average Bonchev–Trinajstić information content (AvgIpc) is 3.39. The van der Waals surface area contributed by atoms with E-state index < -0.39 is 6.04 Å². The molecule has 3 N–H and O–H groups in total. The van der Waals surface area contributed by atoms with Gasteiger partial charge in [0.1, 0.15) is 6.04 Å². The highest BCUT2D eigenvalue weighted by Gasteiger charge is 2.39. The number of likely N-dealkylation sites (tertiary alicyclic amines) is 1. The van der Waals surface area contributed by atoms with Crippen molar-refractivity contribution in [1.82, 2.24) is 24.9 Å². The first-order chi connectivity index (χ1) is 14.9. The SMILES string of the molecule is Cn1cc([C@@H]2CN(Cc3ccc4c(c3)CN(C3CCC(=O)NC3=O)C4=O)C[C@H]2N)cn1. The topological polar surface area (TPSA) is 114 Å². The summed E-state index contributed by atoms with van der Waals surface area (Å²) in [5.74, 6) is -0.546. The van der Waals surface area contributed by atoms with Crippen molar-refractivity contribution in [1.29, 1.82) is 0 Å². The quantitative estimate of drug-likeness (QED) is 0.676. The Morgan fingerprint density at radius 2 is 2.06 bits per heavy atom. The molecule has 0 saturated carbocycles. The molecule has 1 unspecified atom stereocenters. The molecule has 2 saturated heterocycles. The number of hydrogen-bond donors (Lipinski definition) is 2. The van der Waals surface area contributed by atoms with Crippen LogP contribution in [0.2, 0.25) is 0 Å². The lowest BCUT2D eigenvalue weighted by Gasteiger charge is -2.29. The number of fused-ring (bicyclic) bond motifs is 1. The molecule has 3 aliphatic heterocycles. The summed E-state index contributed by atoms with van der Waals surface area (Å²) in [6, 6.07) is 5.37. The summed E-state index contributed by atoms with van der Waals surface area (Å²) in [4.78, 5) is 40.4. The molecule has 0 bridgehead atoms. The molecule has 1 aromatic heterocycles. The Bertz CT molecular complexity index is 1060. The van der Waals surface area contributed by atoms with Crippen molar-refractivity contribution in [2.75, 3.05) is 13.1 Å². The Morgan fingerprint density at radius 3 is 2.81 bits per heavy atom. The lowest BCUT2D eigenvalue weighted by molar-refractivity contribution is -0.136. The number of aromatic nitrogens is 2. The molecule has 3 amide bonds. The number of imide groups is 1. The highest BCUT2D eigenvalue weighted by Crippen LogP contribution is 2.30. The fourth-order valence-corrected chi connectivity index (χ4v) is 5.01. The number of benzene rings is 1. The van der Waals surface area contributed by atoms with Gasteiger partial charge in [-0.2, -0.15) is 5.10 Å². The second-order valence-corrected chi connectivity index (χ2v) is 8.80. The highest BCUT2D eigenvalue weighted by atomic mass is 16.2. The van der Waals surface area contributed by atoms with Crippen molar-refractivity contribution in [3.63, 3.8) is 0 Å². The molecule has 3 aliphatic rings. The molecule has 0 radical (unpaired) electrons. The normalized spacial score (nSPS) is 26.5. The van der Waals surface area contributed by atoms with Crippen molar-refractivity contribution in [2.45, 2.75) is 43.9 Å². The minimum Gasteiger partial charge on any atom is -0.326 e. The molecule has 2 aromatic rings. The fraction of sp³-hybridized carbons (Fsp3) is 0.455. The molecule has 1 aromatic carbocycles. The molecular weight excluding hydrogens is 396 g/mol. The van der Waals surface area contributed by atoms with Crippen LogP contribution in [0.25, 0.3) is 0 Å². The number of hydrogen-bond acceptors (Lipinski definition) is 6. The number of nitrogens with zero attached hydrogens (tertiary/aromatic N) is 4. The fourth-order valence-electron chi connectivity index (χ4n) is 5.01. The first-order valence-corrected chi connectivity index (χ1v) is 10.6. The zero-order chi connectivity index (χ0) is 21.7. The first kappa shape index (κ1) is 19.9. The van der Waals surface area contributed by atoms with Crippen molar-refractivity contribution in [3.05, 3.63) is 52.8 Å². The summed E-state index contributed by atoms with van der Waals surface area (Å²) in [6.45, 7) is 2.82. The van der Waals surface area contributed by atoms with E-state index in [4.69, 9.17) is 5.73 Å². The third-order valence-corrected chi connectivity index (χ3v) is 6.59. The van der Waals surface area contributed by atoms with Crippen LogP contribution in [0.5, 0.6) is 0 Å². The molecular formula is C22H26N6O3. The van der Waals surface area contributed by atoms with Gasteiger partial charge in [0.25, 0.3) is 5.91 Å². The third-order valence-electron chi connectivity index (χ3n) is 6.59. The maximum Gasteiger partial charge on any atom is 0.255 e. The second kappa shape index (κ2) is 7.58. The molecule has 31 heavy (non-hydrogen) atoms. The number of aryl methyl sites for hydroxylation is 1. The Kier molecular flexibility index (Phi) is 4.86. The van der Waals surface area contributed by atoms with Gasteiger partial charge in [-0.25, -0.2) is 0 Å². The molecule has 5 rings (SSSR count). The van der Waals surface area contributed by atoms with E-state index in [-0.39, 0.29) is 36.1 Å². The van der Waals surface area contributed by atoms with Gasteiger partial charge < -0.3 is 10.6 Å². The molecule has 4 heterocycles. The zero-order valence-corrected chi connectivity index (χ0v) is 17.5. The van der Waals surface area contributed by atoms with E-state index in [9.17, 15) is 14.4 Å². The third kappa shape index (κ3) is 3.64. The number of amides is 3. The molecule has 9 nitrogen and oxygen atoms in total. The Labute approximate surface area is 180 Å². The van der Waals surface area contributed by atoms with Gasteiger partial charge in [-0.1, -0.05) is 12.1 Å². The number of piperidine rings is 1. The smallest absolute Gasteiger partial charge is 0.255 e. The standard InChI is InChI=1S/C22H26N6O3/c1-26-9-15(7-24-26)17-11-27(12-18(17)23)8-13-2-3-16-14(6-13)10-28(22(16)31)19-4-5-20(29)25-21(19)30/h2-3,6-7,9,17-19H,4-5,8,10-12,23H2,1H3,(H,25,29,30)/t17-,18+,19?/m0/s1. The lowest BCUT2D eigenvalue weighted by atomic mass is 9.98. The lowest BCUT2D eigenvalue weighted by Crippen LogP contribution is -2.52. The molecule has 0 aliphatic carbocycles.